The molecule has 0 radical (unpaired) electrons. The van der Waals surface area contributed by atoms with Crippen molar-refractivity contribution in [3.63, 3.8) is 0 Å². The number of aromatic hydroxyl groups is 1. The second kappa shape index (κ2) is 7.11. The lowest BCUT2D eigenvalue weighted by Gasteiger charge is -2.34. The molecule has 0 saturated carbocycles. The van der Waals surface area contributed by atoms with Gasteiger partial charge in [-0.15, -0.1) is 0 Å². The van der Waals surface area contributed by atoms with Gasteiger partial charge in [-0.05, 0) is 36.3 Å². The van der Waals surface area contributed by atoms with Gasteiger partial charge in [-0.1, -0.05) is 19.1 Å². The minimum Gasteiger partial charge on any atom is -0.512 e. The van der Waals surface area contributed by atoms with Crippen LogP contribution in [0.2, 0.25) is 0 Å². The molecule has 1 aromatic rings. The van der Waals surface area contributed by atoms with Gasteiger partial charge in [0.1, 0.15) is 5.75 Å². The van der Waals surface area contributed by atoms with Gasteiger partial charge in [-0.3, -0.25) is 0 Å². The molecule has 0 fully saturated rings. The third-order valence-corrected chi connectivity index (χ3v) is 4.44. The van der Waals surface area contributed by atoms with Crippen LogP contribution in [0.3, 0.4) is 0 Å². The SMILES string of the molecule is CCC(c1ccc(O)cc1)C(O)(O)C1=CC=C(O)CC1=NP(=O)(O)O. The van der Waals surface area contributed by atoms with E-state index in [1.54, 1.807) is 6.92 Å². The normalized spacial score (nSPS) is 18.7. The number of allylic oxidation sites excluding steroid dienone is 3. The molecule has 8 nitrogen and oxygen atoms in total. The highest BCUT2D eigenvalue weighted by Gasteiger charge is 2.41. The molecule has 0 bridgehead atoms. The number of phenols is 1. The van der Waals surface area contributed by atoms with Gasteiger partial charge in [0.2, 0.25) is 0 Å². The maximum absolute atomic E-state index is 11.2. The van der Waals surface area contributed by atoms with Gasteiger partial charge in [0.25, 0.3) is 0 Å². The van der Waals surface area contributed by atoms with Crippen LogP contribution in [0.5, 0.6) is 5.75 Å². The van der Waals surface area contributed by atoms with Crippen molar-refractivity contribution in [2.45, 2.75) is 31.5 Å². The lowest BCUT2D eigenvalue weighted by molar-refractivity contribution is -0.143. The van der Waals surface area contributed by atoms with E-state index < -0.39 is 19.5 Å². The molecule has 0 saturated heterocycles. The number of benzene rings is 1. The second-order valence-electron chi connectivity index (χ2n) is 5.75. The Hall–Kier alpha value is -1.96. The molecule has 0 heterocycles. The lowest BCUT2D eigenvalue weighted by atomic mass is 9.80. The maximum Gasteiger partial charge on any atom is 0.448 e. The molecular weight excluding hydrogens is 349 g/mol. The van der Waals surface area contributed by atoms with Crippen LogP contribution < -0.4 is 0 Å². The van der Waals surface area contributed by atoms with E-state index in [1.807, 2.05) is 0 Å². The molecule has 0 amide bonds. The van der Waals surface area contributed by atoms with Crippen molar-refractivity contribution < 1.29 is 34.8 Å². The van der Waals surface area contributed by atoms with E-state index in [2.05, 4.69) is 4.76 Å². The first-order valence-corrected chi connectivity index (χ1v) is 9.10. The van der Waals surface area contributed by atoms with Crippen LogP contribution >= 0.6 is 7.75 Å². The summed E-state index contributed by atoms with van der Waals surface area (Å²) >= 11 is 0. The summed E-state index contributed by atoms with van der Waals surface area (Å²) in [6, 6.07) is 5.86. The summed E-state index contributed by atoms with van der Waals surface area (Å²) in [4.78, 5) is 18.2. The molecule has 1 unspecified atom stereocenters. The largest absolute Gasteiger partial charge is 0.512 e. The van der Waals surface area contributed by atoms with Crippen LogP contribution in [0.15, 0.2) is 52.5 Å². The Kier molecular flexibility index (Phi) is 5.51. The minimum atomic E-state index is -4.83. The number of rotatable bonds is 5. The van der Waals surface area contributed by atoms with Crippen molar-refractivity contribution in [2.75, 3.05) is 0 Å². The van der Waals surface area contributed by atoms with Gasteiger partial charge < -0.3 is 30.2 Å². The monoisotopic (exact) mass is 369 g/mol. The molecule has 2 rings (SSSR count). The van der Waals surface area contributed by atoms with E-state index in [0.29, 0.717) is 5.56 Å². The fraction of sp³-hybridized carbons (Fsp3) is 0.312. The summed E-state index contributed by atoms with van der Waals surface area (Å²) in [5.74, 6) is -3.52. The molecule has 136 valence electrons. The average molecular weight is 369 g/mol. The molecule has 0 spiro atoms. The highest BCUT2D eigenvalue weighted by molar-refractivity contribution is 7.50. The van der Waals surface area contributed by atoms with Gasteiger partial charge in [0, 0.05) is 17.9 Å². The summed E-state index contributed by atoms with van der Waals surface area (Å²) in [6.45, 7) is 1.72. The Balaban J connectivity index is 2.51. The molecular formula is C16H20NO7P. The molecule has 1 aliphatic rings. The standard InChI is InChI=1S/C16H20NO7P/c1-2-13(10-3-5-11(18)6-4-10)16(20,21)14-8-7-12(19)9-15(14)17-25(22,23)24/h3-8,13,18-21H,2,9H2,1H3,(H2,22,23,24). The van der Waals surface area contributed by atoms with Crippen molar-refractivity contribution in [3.8, 4) is 5.75 Å². The Bertz CT molecular complexity index is 774. The van der Waals surface area contributed by atoms with Gasteiger partial charge in [0.05, 0.1) is 11.5 Å². The fourth-order valence-corrected chi connectivity index (χ4v) is 3.32. The minimum absolute atomic E-state index is 0.0218. The molecule has 0 aromatic heterocycles. The van der Waals surface area contributed by atoms with Crippen LogP contribution in [-0.4, -0.2) is 41.7 Å². The van der Waals surface area contributed by atoms with Crippen molar-refractivity contribution >= 4 is 13.5 Å². The molecule has 1 aromatic carbocycles. The van der Waals surface area contributed by atoms with E-state index in [1.165, 1.54) is 36.4 Å². The Labute approximate surface area is 144 Å². The van der Waals surface area contributed by atoms with Gasteiger partial charge in [-0.25, -0.2) is 4.57 Å². The third kappa shape index (κ3) is 4.56. The first kappa shape index (κ1) is 19.4. The van der Waals surface area contributed by atoms with E-state index in [4.69, 9.17) is 9.79 Å². The molecule has 0 aliphatic heterocycles. The number of aliphatic hydroxyl groups is 3. The number of hydrogen-bond acceptors (Lipinski definition) is 5. The van der Waals surface area contributed by atoms with Crippen molar-refractivity contribution in [2.24, 2.45) is 4.76 Å². The topological polar surface area (TPSA) is 151 Å². The lowest BCUT2D eigenvalue weighted by Crippen LogP contribution is -2.41. The fourth-order valence-electron chi connectivity index (χ4n) is 2.83. The summed E-state index contributed by atoms with van der Waals surface area (Å²) in [6.07, 6.45) is 2.36. The van der Waals surface area contributed by atoms with Crippen LogP contribution in [-0.2, 0) is 4.57 Å². The Morgan fingerprint density at radius 2 is 1.76 bits per heavy atom. The molecule has 6 N–H and O–H groups in total. The number of hydrogen-bond donors (Lipinski definition) is 6. The molecule has 25 heavy (non-hydrogen) atoms. The van der Waals surface area contributed by atoms with Gasteiger partial charge in [0.15, 0.2) is 5.79 Å². The highest BCUT2D eigenvalue weighted by atomic mass is 31.2. The predicted octanol–water partition coefficient (Wildman–Crippen LogP) is 1.87. The zero-order valence-electron chi connectivity index (χ0n) is 13.4. The first-order chi connectivity index (χ1) is 11.5. The van der Waals surface area contributed by atoms with Crippen molar-refractivity contribution in [1.82, 2.24) is 0 Å². The smallest absolute Gasteiger partial charge is 0.448 e. The van der Waals surface area contributed by atoms with Crippen LogP contribution in [0.25, 0.3) is 0 Å². The zero-order valence-corrected chi connectivity index (χ0v) is 14.3. The van der Waals surface area contributed by atoms with Gasteiger partial charge >= 0.3 is 7.75 Å². The van der Waals surface area contributed by atoms with E-state index >= 15 is 0 Å². The van der Waals surface area contributed by atoms with Gasteiger partial charge in [-0.2, -0.15) is 4.76 Å². The Morgan fingerprint density at radius 1 is 1.16 bits per heavy atom. The summed E-state index contributed by atoms with van der Waals surface area (Å²) < 4.78 is 14.5. The second-order valence-corrected chi connectivity index (χ2v) is 6.98. The molecule has 1 atom stereocenters. The van der Waals surface area contributed by atoms with Crippen molar-refractivity contribution in [1.29, 1.82) is 0 Å². The number of phenolic OH excluding ortho intramolecular Hbond substituents is 1. The summed E-state index contributed by atoms with van der Waals surface area (Å²) in [5.41, 5.74) is 0.0182. The summed E-state index contributed by atoms with van der Waals surface area (Å²) in [5, 5.41) is 40.5. The third-order valence-electron chi connectivity index (χ3n) is 3.94. The van der Waals surface area contributed by atoms with Crippen LogP contribution in [0.1, 0.15) is 31.2 Å². The van der Waals surface area contributed by atoms with E-state index in [9.17, 15) is 25.0 Å². The first-order valence-electron chi connectivity index (χ1n) is 7.53. The quantitative estimate of drug-likeness (QED) is 0.342. The Morgan fingerprint density at radius 3 is 2.28 bits per heavy atom. The number of nitrogens with zero attached hydrogens (tertiary/aromatic N) is 1. The zero-order chi connectivity index (χ0) is 18.8. The maximum atomic E-state index is 11.2. The van der Waals surface area contributed by atoms with Crippen LogP contribution in [0.4, 0.5) is 0 Å². The van der Waals surface area contributed by atoms with E-state index in [-0.39, 0.29) is 35.6 Å². The molecule has 1 aliphatic carbocycles. The van der Waals surface area contributed by atoms with Crippen molar-refractivity contribution in [3.05, 3.63) is 53.3 Å². The van der Waals surface area contributed by atoms with E-state index in [0.717, 1.165) is 0 Å². The van der Waals surface area contributed by atoms with Crippen LogP contribution in [0, 0.1) is 0 Å². The molecule has 9 heteroatoms. The summed E-state index contributed by atoms with van der Waals surface area (Å²) in [7, 11) is -4.83. The number of aliphatic hydroxyl groups excluding tert-OH is 1. The highest BCUT2D eigenvalue weighted by Crippen LogP contribution is 2.42. The average Bonchev–Trinajstić information content (AvgIpc) is 2.47. The predicted molar refractivity (Wildman–Crippen MR) is 91.2 cm³/mol.